The molecule has 2 N–H and O–H groups in total. The van der Waals surface area contributed by atoms with Crippen LogP contribution in [-0.4, -0.2) is 40.8 Å². The van der Waals surface area contributed by atoms with Gasteiger partial charge in [-0.3, -0.25) is 0 Å². The summed E-state index contributed by atoms with van der Waals surface area (Å²) in [5.41, 5.74) is -0.0683. The van der Waals surface area contributed by atoms with Crippen molar-refractivity contribution in [2.24, 2.45) is 0 Å². The molecule has 0 saturated heterocycles. The molecular formula is C18H29FN2O3. The van der Waals surface area contributed by atoms with E-state index in [9.17, 15) is 14.3 Å². The van der Waals surface area contributed by atoms with E-state index in [1.165, 1.54) is 6.07 Å². The van der Waals surface area contributed by atoms with Crippen molar-refractivity contribution in [2.45, 2.75) is 59.2 Å². The van der Waals surface area contributed by atoms with Crippen molar-refractivity contribution in [3.8, 4) is 5.75 Å². The number of ether oxygens (including phenoxy) is 1. The molecule has 0 spiro atoms. The molecule has 0 bridgehead atoms. The fourth-order valence-electron chi connectivity index (χ4n) is 2.26. The summed E-state index contributed by atoms with van der Waals surface area (Å²) in [5, 5.41) is 12.5. The average molecular weight is 340 g/mol. The quantitative estimate of drug-likeness (QED) is 0.826. The minimum Gasteiger partial charge on any atom is -0.508 e. The van der Waals surface area contributed by atoms with Crippen LogP contribution in [0.1, 0.15) is 53.1 Å². The Morgan fingerprint density at radius 3 is 2.46 bits per heavy atom. The van der Waals surface area contributed by atoms with Crippen LogP contribution in [0.3, 0.4) is 0 Å². The van der Waals surface area contributed by atoms with Crippen LogP contribution in [0.4, 0.5) is 9.18 Å². The van der Waals surface area contributed by atoms with Crippen molar-refractivity contribution < 1.29 is 19.0 Å². The minimum atomic E-state index is -0.542. The Hall–Kier alpha value is -1.82. The molecule has 6 heteroatoms. The van der Waals surface area contributed by atoms with Crippen LogP contribution in [0, 0.1) is 5.82 Å². The van der Waals surface area contributed by atoms with E-state index >= 15 is 0 Å². The van der Waals surface area contributed by atoms with Gasteiger partial charge >= 0.3 is 6.09 Å². The molecule has 0 heterocycles. The summed E-state index contributed by atoms with van der Waals surface area (Å²) in [7, 11) is 0. The Balaban J connectivity index is 2.60. The Morgan fingerprint density at radius 2 is 1.96 bits per heavy atom. The van der Waals surface area contributed by atoms with E-state index in [-0.39, 0.29) is 23.9 Å². The zero-order chi connectivity index (χ0) is 18.5. The van der Waals surface area contributed by atoms with Crippen LogP contribution in [0.2, 0.25) is 0 Å². The molecule has 5 nitrogen and oxygen atoms in total. The number of halogens is 1. The van der Waals surface area contributed by atoms with Gasteiger partial charge in [0.1, 0.15) is 17.2 Å². The standard InChI is InChI=1S/C18H29FN2O3/c1-12(2)21(17(23)24-18(4,5)6)10-9-20-13(3)15-8-7-14(22)11-16(15)19/h7-8,11-13,20,22H,9-10H2,1-6H3. The third-order valence-corrected chi connectivity index (χ3v) is 3.51. The zero-order valence-electron chi connectivity index (χ0n) is 15.4. The third kappa shape index (κ3) is 6.35. The molecule has 24 heavy (non-hydrogen) atoms. The second-order valence-electron chi connectivity index (χ2n) is 7.15. The molecule has 0 aromatic heterocycles. The first-order chi connectivity index (χ1) is 11.0. The van der Waals surface area contributed by atoms with Gasteiger partial charge in [-0.1, -0.05) is 6.07 Å². The highest BCUT2D eigenvalue weighted by Gasteiger charge is 2.24. The number of amides is 1. The molecule has 0 aliphatic heterocycles. The van der Waals surface area contributed by atoms with E-state index in [1.54, 1.807) is 11.0 Å². The number of carbonyl (C=O) groups is 1. The largest absolute Gasteiger partial charge is 0.508 e. The lowest BCUT2D eigenvalue weighted by atomic mass is 10.1. The summed E-state index contributed by atoms with van der Waals surface area (Å²) in [5.74, 6) is -0.554. The molecule has 1 aromatic carbocycles. The summed E-state index contributed by atoms with van der Waals surface area (Å²) < 4.78 is 19.3. The number of benzene rings is 1. The number of phenols is 1. The second kappa shape index (κ2) is 8.33. The lowest BCUT2D eigenvalue weighted by Gasteiger charge is -2.30. The fourth-order valence-corrected chi connectivity index (χ4v) is 2.26. The molecular weight excluding hydrogens is 311 g/mol. The monoisotopic (exact) mass is 340 g/mol. The van der Waals surface area contributed by atoms with Crippen molar-refractivity contribution in [1.82, 2.24) is 10.2 Å². The van der Waals surface area contributed by atoms with E-state index < -0.39 is 11.4 Å². The van der Waals surface area contributed by atoms with Crippen molar-refractivity contribution in [2.75, 3.05) is 13.1 Å². The van der Waals surface area contributed by atoms with Crippen molar-refractivity contribution in [1.29, 1.82) is 0 Å². The van der Waals surface area contributed by atoms with E-state index in [0.29, 0.717) is 18.7 Å². The summed E-state index contributed by atoms with van der Waals surface area (Å²) in [6, 6.07) is 3.86. The van der Waals surface area contributed by atoms with Gasteiger partial charge < -0.3 is 20.1 Å². The number of nitrogens with one attached hydrogen (secondary N) is 1. The molecule has 1 unspecified atom stereocenters. The summed E-state index contributed by atoms with van der Waals surface area (Å²) in [6.07, 6.45) is -0.359. The molecule has 0 fully saturated rings. The predicted molar refractivity (Wildman–Crippen MR) is 92.6 cm³/mol. The maximum atomic E-state index is 13.8. The number of hydrogen-bond acceptors (Lipinski definition) is 4. The summed E-state index contributed by atoms with van der Waals surface area (Å²) in [4.78, 5) is 13.9. The number of nitrogens with zero attached hydrogens (tertiary/aromatic N) is 1. The highest BCUT2D eigenvalue weighted by atomic mass is 19.1. The van der Waals surface area contributed by atoms with Gasteiger partial charge in [-0.05, 0) is 47.6 Å². The van der Waals surface area contributed by atoms with Gasteiger partial charge in [0.25, 0.3) is 0 Å². The van der Waals surface area contributed by atoms with Crippen molar-refractivity contribution >= 4 is 6.09 Å². The van der Waals surface area contributed by atoms with Gasteiger partial charge in [0.05, 0.1) is 0 Å². The minimum absolute atomic E-state index is 0.00219. The molecule has 1 amide bonds. The topological polar surface area (TPSA) is 61.8 Å². The molecule has 0 aliphatic carbocycles. The Bertz CT molecular complexity index is 556. The first kappa shape index (κ1) is 20.2. The van der Waals surface area contributed by atoms with E-state index in [2.05, 4.69) is 5.32 Å². The number of hydrogen-bond donors (Lipinski definition) is 2. The van der Waals surface area contributed by atoms with Crippen molar-refractivity contribution in [3.05, 3.63) is 29.6 Å². The smallest absolute Gasteiger partial charge is 0.410 e. The Labute approximate surface area is 143 Å². The number of aromatic hydroxyl groups is 1. The molecule has 0 saturated carbocycles. The zero-order valence-corrected chi connectivity index (χ0v) is 15.4. The normalized spacial score (nSPS) is 13.0. The summed E-state index contributed by atoms with van der Waals surface area (Å²) in [6.45, 7) is 12.1. The number of phenolic OH excluding ortho intramolecular Hbond substituents is 1. The van der Waals surface area contributed by atoms with E-state index in [4.69, 9.17) is 4.74 Å². The molecule has 136 valence electrons. The van der Waals surface area contributed by atoms with Gasteiger partial charge in [0, 0.05) is 36.8 Å². The fraction of sp³-hybridized carbons (Fsp3) is 0.611. The van der Waals surface area contributed by atoms with E-state index in [1.807, 2.05) is 41.5 Å². The van der Waals surface area contributed by atoms with Crippen LogP contribution < -0.4 is 5.32 Å². The highest BCUT2D eigenvalue weighted by Crippen LogP contribution is 2.21. The molecule has 0 radical (unpaired) electrons. The second-order valence-corrected chi connectivity index (χ2v) is 7.15. The van der Waals surface area contributed by atoms with Crippen LogP contribution in [0.15, 0.2) is 18.2 Å². The van der Waals surface area contributed by atoms with E-state index in [0.717, 1.165) is 6.07 Å². The lowest BCUT2D eigenvalue weighted by molar-refractivity contribution is 0.0192. The van der Waals surface area contributed by atoms with Gasteiger partial charge in [0.2, 0.25) is 0 Å². The van der Waals surface area contributed by atoms with Gasteiger partial charge in [0.15, 0.2) is 0 Å². The SMILES string of the molecule is CC(NCCN(C(=O)OC(C)(C)C)C(C)C)c1ccc(O)cc1F. The average Bonchev–Trinajstić information content (AvgIpc) is 2.40. The van der Waals surface area contributed by atoms with Crippen LogP contribution in [-0.2, 0) is 4.74 Å². The Morgan fingerprint density at radius 1 is 1.33 bits per heavy atom. The van der Waals surface area contributed by atoms with Crippen LogP contribution >= 0.6 is 0 Å². The first-order valence-electron chi connectivity index (χ1n) is 8.22. The predicted octanol–water partition coefficient (Wildman–Crippen LogP) is 3.83. The lowest BCUT2D eigenvalue weighted by Crippen LogP contribution is -2.44. The van der Waals surface area contributed by atoms with Crippen molar-refractivity contribution in [3.63, 3.8) is 0 Å². The maximum absolute atomic E-state index is 13.8. The first-order valence-corrected chi connectivity index (χ1v) is 8.22. The van der Waals surface area contributed by atoms with Crippen LogP contribution in [0.25, 0.3) is 0 Å². The molecule has 0 aliphatic rings. The molecule has 1 atom stereocenters. The third-order valence-electron chi connectivity index (χ3n) is 3.51. The van der Waals surface area contributed by atoms with Gasteiger partial charge in [-0.2, -0.15) is 0 Å². The van der Waals surface area contributed by atoms with Gasteiger partial charge in [-0.15, -0.1) is 0 Å². The summed E-state index contributed by atoms with van der Waals surface area (Å²) >= 11 is 0. The van der Waals surface area contributed by atoms with Crippen LogP contribution in [0.5, 0.6) is 5.75 Å². The number of rotatable bonds is 6. The van der Waals surface area contributed by atoms with Gasteiger partial charge in [-0.25, -0.2) is 9.18 Å². The Kier molecular flexibility index (Phi) is 7.02. The highest BCUT2D eigenvalue weighted by molar-refractivity contribution is 5.68. The molecule has 1 rings (SSSR count). The molecule has 1 aromatic rings. The maximum Gasteiger partial charge on any atom is 0.410 e. The number of carbonyl (C=O) groups excluding carboxylic acids is 1.